The normalized spacial score (nSPS) is 10.9. The zero-order valence-corrected chi connectivity index (χ0v) is 15.0. The van der Waals surface area contributed by atoms with Crippen LogP contribution < -0.4 is 10.1 Å². The number of ether oxygens (including phenoxy) is 1. The third-order valence-corrected chi connectivity index (χ3v) is 4.32. The molecule has 26 heavy (non-hydrogen) atoms. The number of nitrogens with zero attached hydrogens (tertiary/aromatic N) is 2. The van der Waals surface area contributed by atoms with Crippen molar-refractivity contribution in [1.29, 1.82) is 0 Å². The average molecular weight is 369 g/mol. The average Bonchev–Trinajstić information content (AvgIpc) is 3.12. The third kappa shape index (κ3) is 4.31. The summed E-state index contributed by atoms with van der Waals surface area (Å²) in [5.41, 5.74) is 1.56. The van der Waals surface area contributed by atoms with Crippen LogP contribution in [0.1, 0.15) is 16.3 Å². The molecule has 0 aliphatic carbocycles. The molecule has 1 aromatic carbocycles. The van der Waals surface area contributed by atoms with Gasteiger partial charge < -0.3 is 10.1 Å². The van der Waals surface area contributed by atoms with Gasteiger partial charge in [-0.3, -0.25) is 4.79 Å². The molecule has 2 aromatic heterocycles. The number of aryl methyl sites for hydroxylation is 2. The summed E-state index contributed by atoms with van der Waals surface area (Å²) < 4.78 is 19.1. The summed E-state index contributed by atoms with van der Waals surface area (Å²) in [5.74, 6) is -0.736. The molecule has 3 aromatic rings. The molecular weight excluding hydrogens is 353 g/mol. The first-order valence-corrected chi connectivity index (χ1v) is 8.71. The molecular formula is C19H16FN3O2S. The van der Waals surface area contributed by atoms with Crippen LogP contribution in [0.3, 0.4) is 0 Å². The molecule has 0 atom stereocenters. The Kier molecular flexibility index (Phi) is 5.38. The maximum Gasteiger partial charge on any atom is 0.322 e. The number of aromatic nitrogens is 2. The number of thiophene rings is 1. The van der Waals surface area contributed by atoms with Gasteiger partial charge in [0, 0.05) is 11.0 Å². The molecule has 1 amide bonds. The molecule has 0 aliphatic heterocycles. The Morgan fingerprint density at radius 2 is 1.88 bits per heavy atom. The van der Waals surface area contributed by atoms with Crippen molar-refractivity contribution in [3.05, 3.63) is 69.9 Å². The standard InChI is InChI=1S/C19H16FN3O2S/c1-12-18(23-17(24)10-9-14-6-5-11-26-14)13(2)22-19(21-12)25-16-8-4-3-7-15(16)20/h3-11H,1-2H3,(H,23,24)/b10-9+. The van der Waals surface area contributed by atoms with Crippen molar-refractivity contribution in [2.24, 2.45) is 0 Å². The van der Waals surface area contributed by atoms with Crippen LogP contribution in [-0.2, 0) is 4.79 Å². The van der Waals surface area contributed by atoms with Crippen molar-refractivity contribution in [2.75, 3.05) is 5.32 Å². The Labute approximate surface area is 154 Å². The summed E-state index contributed by atoms with van der Waals surface area (Å²) in [7, 11) is 0. The largest absolute Gasteiger partial charge is 0.421 e. The van der Waals surface area contributed by atoms with E-state index in [1.165, 1.54) is 18.2 Å². The Hall–Kier alpha value is -3.06. The zero-order chi connectivity index (χ0) is 18.5. The van der Waals surface area contributed by atoms with Crippen LogP contribution in [0, 0.1) is 19.7 Å². The first-order chi connectivity index (χ1) is 12.5. The van der Waals surface area contributed by atoms with E-state index < -0.39 is 5.82 Å². The lowest BCUT2D eigenvalue weighted by atomic mass is 10.2. The second-order valence-electron chi connectivity index (χ2n) is 5.42. The topological polar surface area (TPSA) is 64.1 Å². The van der Waals surface area contributed by atoms with Crippen LogP contribution in [0.15, 0.2) is 47.9 Å². The minimum Gasteiger partial charge on any atom is -0.421 e. The number of benzene rings is 1. The molecule has 0 unspecified atom stereocenters. The number of carbonyl (C=O) groups excluding carboxylic acids is 1. The monoisotopic (exact) mass is 369 g/mol. The number of anilines is 1. The van der Waals surface area contributed by atoms with Crippen LogP contribution in [0.25, 0.3) is 6.08 Å². The predicted octanol–water partition coefficient (Wildman–Crippen LogP) is 4.74. The highest BCUT2D eigenvalue weighted by molar-refractivity contribution is 7.10. The molecule has 7 heteroatoms. The van der Waals surface area contributed by atoms with Crippen molar-refractivity contribution in [1.82, 2.24) is 9.97 Å². The molecule has 132 valence electrons. The van der Waals surface area contributed by atoms with Gasteiger partial charge in [-0.15, -0.1) is 11.3 Å². The van der Waals surface area contributed by atoms with Crippen LogP contribution in [0.5, 0.6) is 11.8 Å². The number of carbonyl (C=O) groups is 1. The van der Waals surface area contributed by atoms with E-state index in [1.807, 2.05) is 17.5 Å². The molecule has 0 aliphatic rings. The first-order valence-electron chi connectivity index (χ1n) is 7.83. The molecule has 2 heterocycles. The zero-order valence-electron chi connectivity index (χ0n) is 14.2. The van der Waals surface area contributed by atoms with Gasteiger partial charge in [0.2, 0.25) is 5.91 Å². The summed E-state index contributed by atoms with van der Waals surface area (Å²) in [6.07, 6.45) is 3.19. The van der Waals surface area contributed by atoms with Crippen LogP contribution in [0.2, 0.25) is 0 Å². The molecule has 0 radical (unpaired) electrons. The Morgan fingerprint density at radius 1 is 1.15 bits per heavy atom. The molecule has 0 saturated carbocycles. The van der Waals surface area contributed by atoms with E-state index >= 15 is 0 Å². The number of nitrogens with one attached hydrogen (secondary N) is 1. The van der Waals surface area contributed by atoms with Crippen molar-refractivity contribution in [3.63, 3.8) is 0 Å². The van der Waals surface area contributed by atoms with Gasteiger partial charge in [-0.2, -0.15) is 9.97 Å². The predicted molar refractivity (Wildman–Crippen MR) is 100.0 cm³/mol. The van der Waals surface area contributed by atoms with Crippen molar-refractivity contribution in [2.45, 2.75) is 13.8 Å². The summed E-state index contributed by atoms with van der Waals surface area (Å²) in [5, 5.41) is 4.71. The van der Waals surface area contributed by atoms with E-state index in [-0.39, 0.29) is 17.7 Å². The van der Waals surface area contributed by atoms with E-state index in [4.69, 9.17) is 4.74 Å². The molecule has 3 rings (SSSR count). The highest BCUT2D eigenvalue weighted by Crippen LogP contribution is 2.25. The Bertz CT molecular complexity index is 932. The minimum atomic E-state index is -0.498. The van der Waals surface area contributed by atoms with E-state index in [2.05, 4.69) is 15.3 Å². The Balaban J connectivity index is 1.75. The van der Waals surface area contributed by atoms with Gasteiger partial charge in [0.25, 0.3) is 0 Å². The van der Waals surface area contributed by atoms with Gasteiger partial charge >= 0.3 is 6.01 Å². The maximum atomic E-state index is 13.7. The minimum absolute atomic E-state index is 0.0252. The number of para-hydroxylation sites is 1. The summed E-state index contributed by atoms with van der Waals surface area (Å²) in [6, 6.07) is 9.88. The second kappa shape index (κ2) is 7.88. The van der Waals surface area contributed by atoms with Gasteiger partial charge in [0.15, 0.2) is 11.6 Å². The van der Waals surface area contributed by atoms with E-state index in [0.717, 1.165) is 4.88 Å². The highest BCUT2D eigenvalue weighted by Gasteiger charge is 2.13. The molecule has 0 fully saturated rings. The molecule has 0 saturated heterocycles. The lowest BCUT2D eigenvalue weighted by molar-refractivity contribution is -0.111. The van der Waals surface area contributed by atoms with Crippen LogP contribution in [0.4, 0.5) is 10.1 Å². The van der Waals surface area contributed by atoms with Gasteiger partial charge in [0.1, 0.15) is 0 Å². The number of hydrogen-bond acceptors (Lipinski definition) is 5. The smallest absolute Gasteiger partial charge is 0.322 e. The summed E-state index contributed by atoms with van der Waals surface area (Å²) in [6.45, 7) is 3.45. The summed E-state index contributed by atoms with van der Waals surface area (Å²) in [4.78, 5) is 21.5. The fourth-order valence-electron chi connectivity index (χ4n) is 2.25. The van der Waals surface area contributed by atoms with Gasteiger partial charge in [-0.1, -0.05) is 18.2 Å². The van der Waals surface area contributed by atoms with Gasteiger partial charge in [-0.05, 0) is 43.5 Å². The first kappa shape index (κ1) is 17.8. The van der Waals surface area contributed by atoms with Gasteiger partial charge in [0.05, 0.1) is 17.1 Å². The van der Waals surface area contributed by atoms with Crippen LogP contribution in [-0.4, -0.2) is 15.9 Å². The van der Waals surface area contributed by atoms with Gasteiger partial charge in [-0.25, -0.2) is 4.39 Å². The van der Waals surface area contributed by atoms with Crippen molar-refractivity contribution in [3.8, 4) is 11.8 Å². The quantitative estimate of drug-likeness (QED) is 0.660. The molecule has 1 N–H and O–H groups in total. The maximum absolute atomic E-state index is 13.7. The number of rotatable bonds is 5. The van der Waals surface area contributed by atoms with Crippen molar-refractivity contribution >= 4 is 29.0 Å². The Morgan fingerprint density at radius 3 is 2.54 bits per heavy atom. The highest BCUT2D eigenvalue weighted by atomic mass is 32.1. The van der Waals surface area contributed by atoms with E-state index in [0.29, 0.717) is 17.1 Å². The lowest BCUT2D eigenvalue weighted by Gasteiger charge is -2.11. The fraction of sp³-hybridized carbons (Fsp3) is 0.105. The fourth-order valence-corrected chi connectivity index (χ4v) is 2.86. The summed E-state index contributed by atoms with van der Waals surface area (Å²) >= 11 is 1.54. The third-order valence-electron chi connectivity index (χ3n) is 3.48. The van der Waals surface area contributed by atoms with E-state index in [9.17, 15) is 9.18 Å². The number of hydrogen-bond donors (Lipinski definition) is 1. The molecule has 0 bridgehead atoms. The number of amides is 1. The van der Waals surface area contributed by atoms with Crippen LogP contribution >= 0.6 is 11.3 Å². The molecule has 5 nitrogen and oxygen atoms in total. The molecule has 0 spiro atoms. The SMILES string of the molecule is Cc1nc(Oc2ccccc2F)nc(C)c1NC(=O)/C=C/c1cccs1. The lowest BCUT2D eigenvalue weighted by Crippen LogP contribution is -2.12. The number of halogens is 1. The van der Waals surface area contributed by atoms with Crippen molar-refractivity contribution < 1.29 is 13.9 Å². The second-order valence-corrected chi connectivity index (χ2v) is 6.40. The van der Waals surface area contributed by atoms with E-state index in [1.54, 1.807) is 43.4 Å².